The molecule has 0 N–H and O–H groups in total. The van der Waals surface area contributed by atoms with Gasteiger partial charge in [-0.2, -0.15) is 4.31 Å². The van der Waals surface area contributed by atoms with Crippen molar-refractivity contribution in [2.45, 2.75) is 43.0 Å². The fourth-order valence-electron chi connectivity index (χ4n) is 3.09. The second-order valence-electron chi connectivity index (χ2n) is 5.30. The largest absolute Gasteiger partial charge is 0.245 e. The number of halogens is 1. The Labute approximate surface area is 134 Å². The van der Waals surface area contributed by atoms with Gasteiger partial charge in [0.2, 0.25) is 10.0 Å². The summed E-state index contributed by atoms with van der Waals surface area (Å²) in [5.41, 5.74) is 0. The van der Waals surface area contributed by atoms with Gasteiger partial charge in [-0.15, -0.1) is 22.9 Å². The SMILES string of the molecule is CCC1CCCN1S(=O)(=O)c1c(CCl)sc2ccccc12. The number of nitrogens with zero attached hydrogens (tertiary/aromatic N) is 1. The number of sulfonamides is 1. The second kappa shape index (κ2) is 5.88. The molecule has 2 aromatic rings. The highest BCUT2D eigenvalue weighted by Gasteiger charge is 2.37. The third kappa shape index (κ3) is 2.50. The minimum atomic E-state index is -3.47. The molecule has 1 unspecified atom stereocenters. The van der Waals surface area contributed by atoms with Gasteiger partial charge in [0, 0.05) is 27.5 Å². The monoisotopic (exact) mass is 343 g/mol. The van der Waals surface area contributed by atoms with E-state index in [1.165, 1.54) is 11.3 Å². The number of fused-ring (bicyclic) bond motifs is 1. The lowest BCUT2D eigenvalue weighted by atomic mass is 10.2. The first-order valence-corrected chi connectivity index (χ1v) is 9.97. The fraction of sp³-hybridized carbons (Fsp3) is 0.467. The van der Waals surface area contributed by atoms with Crippen LogP contribution in [0.15, 0.2) is 29.2 Å². The van der Waals surface area contributed by atoms with Crippen LogP contribution < -0.4 is 0 Å². The van der Waals surface area contributed by atoms with Crippen molar-refractivity contribution < 1.29 is 8.42 Å². The minimum Gasteiger partial charge on any atom is -0.207 e. The molecule has 1 atom stereocenters. The third-order valence-electron chi connectivity index (χ3n) is 4.10. The number of alkyl halides is 1. The molecule has 1 fully saturated rings. The van der Waals surface area contributed by atoms with Crippen molar-refractivity contribution in [2.75, 3.05) is 6.54 Å². The van der Waals surface area contributed by atoms with Crippen LogP contribution in [0.2, 0.25) is 0 Å². The van der Waals surface area contributed by atoms with E-state index in [0.717, 1.165) is 34.2 Å². The third-order valence-corrected chi connectivity index (χ3v) is 7.91. The van der Waals surface area contributed by atoms with Gasteiger partial charge < -0.3 is 0 Å². The number of hydrogen-bond acceptors (Lipinski definition) is 3. The predicted octanol–water partition coefficient (Wildman–Crippen LogP) is 4.20. The van der Waals surface area contributed by atoms with Crippen LogP contribution in [0.4, 0.5) is 0 Å². The van der Waals surface area contributed by atoms with Gasteiger partial charge in [0.25, 0.3) is 0 Å². The van der Waals surface area contributed by atoms with Crippen LogP contribution in [0, 0.1) is 0 Å². The maximum Gasteiger partial charge on any atom is 0.245 e. The van der Waals surface area contributed by atoms with Crippen molar-refractivity contribution >= 4 is 43.0 Å². The van der Waals surface area contributed by atoms with E-state index in [1.54, 1.807) is 4.31 Å². The average molecular weight is 344 g/mol. The van der Waals surface area contributed by atoms with Gasteiger partial charge in [0.05, 0.1) is 5.88 Å². The van der Waals surface area contributed by atoms with Crippen molar-refractivity contribution in [3.8, 4) is 0 Å². The van der Waals surface area contributed by atoms with Gasteiger partial charge in [0.1, 0.15) is 4.90 Å². The van der Waals surface area contributed by atoms with Crippen LogP contribution in [0.5, 0.6) is 0 Å². The number of rotatable bonds is 4. The molecule has 1 aliphatic heterocycles. The molecular weight excluding hydrogens is 326 g/mol. The van der Waals surface area contributed by atoms with E-state index >= 15 is 0 Å². The van der Waals surface area contributed by atoms with Crippen molar-refractivity contribution in [2.24, 2.45) is 0 Å². The molecule has 3 rings (SSSR count). The standard InChI is InChI=1S/C15H18ClNO2S2/c1-2-11-6-5-9-17(11)21(18,19)15-12-7-3-4-8-13(12)20-14(15)10-16/h3-4,7-8,11H,2,5-6,9-10H2,1H3. The topological polar surface area (TPSA) is 37.4 Å². The first-order valence-electron chi connectivity index (χ1n) is 7.17. The molecule has 0 spiro atoms. The molecule has 114 valence electrons. The maximum atomic E-state index is 13.1. The highest BCUT2D eigenvalue weighted by atomic mass is 35.5. The van der Waals surface area contributed by atoms with Crippen molar-refractivity contribution in [3.63, 3.8) is 0 Å². The normalized spacial score (nSPS) is 20.4. The maximum absolute atomic E-state index is 13.1. The Morgan fingerprint density at radius 1 is 1.38 bits per heavy atom. The van der Waals surface area contributed by atoms with Crippen LogP contribution in [0.25, 0.3) is 10.1 Å². The average Bonchev–Trinajstić information content (AvgIpc) is 3.11. The Hall–Kier alpha value is -0.620. The van der Waals surface area contributed by atoms with Gasteiger partial charge in [-0.1, -0.05) is 25.1 Å². The molecule has 6 heteroatoms. The van der Waals surface area contributed by atoms with Crippen molar-refractivity contribution in [1.29, 1.82) is 0 Å². The summed E-state index contributed by atoms with van der Waals surface area (Å²) in [6, 6.07) is 7.77. The molecule has 3 nitrogen and oxygen atoms in total. The molecule has 0 bridgehead atoms. The summed E-state index contributed by atoms with van der Waals surface area (Å²) >= 11 is 7.49. The zero-order chi connectivity index (χ0) is 15.0. The summed E-state index contributed by atoms with van der Waals surface area (Å²) in [4.78, 5) is 1.18. The Bertz CT molecular complexity index is 754. The Morgan fingerprint density at radius 3 is 2.86 bits per heavy atom. The molecular formula is C15H18ClNO2S2. The highest BCUT2D eigenvalue weighted by molar-refractivity contribution is 7.89. The number of benzene rings is 1. The van der Waals surface area contributed by atoms with E-state index in [9.17, 15) is 8.42 Å². The fourth-order valence-corrected chi connectivity index (χ4v) is 6.99. The van der Waals surface area contributed by atoms with Crippen LogP contribution in [-0.4, -0.2) is 25.3 Å². The molecule has 0 aliphatic carbocycles. The Kier molecular flexibility index (Phi) is 4.28. The van der Waals surface area contributed by atoms with Crippen LogP contribution in [0.1, 0.15) is 31.1 Å². The van der Waals surface area contributed by atoms with Crippen molar-refractivity contribution in [1.82, 2.24) is 4.31 Å². The van der Waals surface area contributed by atoms with Crippen LogP contribution in [0.3, 0.4) is 0 Å². The summed E-state index contributed by atoms with van der Waals surface area (Å²) in [5, 5.41) is 0.805. The minimum absolute atomic E-state index is 0.122. The lowest BCUT2D eigenvalue weighted by molar-refractivity contribution is 0.380. The molecule has 21 heavy (non-hydrogen) atoms. The quantitative estimate of drug-likeness (QED) is 0.780. The van der Waals surface area contributed by atoms with E-state index in [1.807, 2.05) is 31.2 Å². The molecule has 1 saturated heterocycles. The highest BCUT2D eigenvalue weighted by Crippen LogP contribution is 2.39. The van der Waals surface area contributed by atoms with Gasteiger partial charge in [-0.05, 0) is 25.3 Å². The Balaban J connectivity index is 2.18. The predicted molar refractivity (Wildman–Crippen MR) is 88.6 cm³/mol. The molecule has 1 aliphatic rings. The van der Waals surface area contributed by atoms with Crippen LogP contribution >= 0.6 is 22.9 Å². The van der Waals surface area contributed by atoms with Gasteiger partial charge in [-0.3, -0.25) is 0 Å². The van der Waals surface area contributed by atoms with E-state index in [4.69, 9.17) is 11.6 Å². The summed E-state index contributed by atoms with van der Waals surface area (Å²) in [5.74, 6) is 0.235. The van der Waals surface area contributed by atoms with Gasteiger partial charge >= 0.3 is 0 Å². The Morgan fingerprint density at radius 2 is 2.14 bits per heavy atom. The van der Waals surface area contributed by atoms with Crippen LogP contribution in [-0.2, 0) is 15.9 Å². The molecule has 1 aromatic carbocycles. The van der Waals surface area contributed by atoms with E-state index in [0.29, 0.717) is 11.4 Å². The lowest BCUT2D eigenvalue weighted by Gasteiger charge is -2.23. The zero-order valence-corrected chi connectivity index (χ0v) is 14.3. The molecule has 0 saturated carbocycles. The molecule has 0 radical (unpaired) electrons. The second-order valence-corrected chi connectivity index (χ2v) is 8.54. The first kappa shape index (κ1) is 15.3. The molecule has 1 aromatic heterocycles. The summed E-state index contributed by atoms with van der Waals surface area (Å²) in [7, 11) is -3.47. The lowest BCUT2D eigenvalue weighted by Crippen LogP contribution is -2.35. The van der Waals surface area contributed by atoms with E-state index in [2.05, 4.69) is 0 Å². The smallest absolute Gasteiger partial charge is 0.207 e. The summed E-state index contributed by atoms with van der Waals surface area (Å²) in [6.07, 6.45) is 2.75. The first-order chi connectivity index (χ1) is 10.1. The van der Waals surface area contributed by atoms with Gasteiger partial charge in [0.15, 0.2) is 0 Å². The number of hydrogen-bond donors (Lipinski definition) is 0. The summed E-state index contributed by atoms with van der Waals surface area (Å²) < 4.78 is 28.9. The summed E-state index contributed by atoms with van der Waals surface area (Å²) in [6.45, 7) is 2.67. The van der Waals surface area contributed by atoms with E-state index < -0.39 is 10.0 Å². The molecule has 2 heterocycles. The van der Waals surface area contributed by atoms with E-state index in [-0.39, 0.29) is 11.9 Å². The molecule has 0 amide bonds. The zero-order valence-electron chi connectivity index (χ0n) is 11.9. The number of thiophene rings is 1. The van der Waals surface area contributed by atoms with Crippen molar-refractivity contribution in [3.05, 3.63) is 29.1 Å². The van der Waals surface area contributed by atoms with Gasteiger partial charge in [-0.25, -0.2) is 8.42 Å².